The van der Waals surface area contributed by atoms with E-state index < -0.39 is 0 Å². The van der Waals surface area contributed by atoms with E-state index in [1.807, 2.05) is 13.8 Å². The molecule has 2 nitrogen and oxygen atoms in total. The van der Waals surface area contributed by atoms with Crippen molar-refractivity contribution in [2.75, 3.05) is 7.11 Å². The maximum atomic E-state index is 13.2. The van der Waals surface area contributed by atoms with Crippen molar-refractivity contribution in [3.05, 3.63) is 29.6 Å². The van der Waals surface area contributed by atoms with Crippen LogP contribution in [0.15, 0.2) is 18.2 Å². The largest absolute Gasteiger partial charge is 0.496 e. The number of hydrogen-bond donors (Lipinski definition) is 0. The summed E-state index contributed by atoms with van der Waals surface area (Å²) in [6, 6.07) is 4.42. The minimum Gasteiger partial charge on any atom is -0.496 e. The van der Waals surface area contributed by atoms with Crippen LogP contribution in [-0.4, -0.2) is 12.9 Å². The summed E-state index contributed by atoms with van der Waals surface area (Å²) in [4.78, 5) is 11.7. The van der Waals surface area contributed by atoms with Gasteiger partial charge in [-0.1, -0.05) is 13.8 Å². The molecule has 0 bridgehead atoms. The monoisotopic (exact) mass is 238 g/mol. The highest BCUT2D eigenvalue weighted by Gasteiger charge is 2.17. The first-order valence-corrected chi connectivity index (χ1v) is 5.97. The minimum atomic E-state index is -0.292. The molecule has 17 heavy (non-hydrogen) atoms. The summed E-state index contributed by atoms with van der Waals surface area (Å²) in [6.07, 6.45) is 1.84. The molecule has 0 aromatic heterocycles. The summed E-state index contributed by atoms with van der Waals surface area (Å²) in [7, 11) is 1.55. The smallest absolute Gasteiger partial charge is 0.136 e. The van der Waals surface area contributed by atoms with E-state index in [0.717, 1.165) is 12.0 Å². The zero-order valence-electron chi connectivity index (χ0n) is 10.6. The lowest BCUT2D eigenvalue weighted by Crippen LogP contribution is -2.15. The molecule has 0 amide bonds. The fourth-order valence-corrected chi connectivity index (χ4v) is 1.95. The number of hydrogen-bond acceptors (Lipinski definition) is 2. The third-order valence-electron chi connectivity index (χ3n) is 3.01. The van der Waals surface area contributed by atoms with Crippen molar-refractivity contribution >= 4 is 5.78 Å². The van der Waals surface area contributed by atoms with Gasteiger partial charge in [0.05, 0.1) is 7.11 Å². The Morgan fingerprint density at radius 3 is 2.65 bits per heavy atom. The molecule has 0 N–H and O–H groups in total. The lowest BCUT2D eigenvalue weighted by atomic mass is 9.91. The van der Waals surface area contributed by atoms with E-state index in [4.69, 9.17) is 4.74 Å². The van der Waals surface area contributed by atoms with Gasteiger partial charge in [0.1, 0.15) is 17.3 Å². The van der Waals surface area contributed by atoms with Crippen LogP contribution in [0.2, 0.25) is 0 Å². The lowest BCUT2D eigenvalue weighted by molar-refractivity contribution is -0.122. The topological polar surface area (TPSA) is 26.3 Å². The SMILES string of the molecule is CCC(=O)C(CC)Cc1cc(F)ccc1OC. The Kier molecular flexibility index (Phi) is 5.13. The van der Waals surface area contributed by atoms with Gasteiger partial charge in [-0.05, 0) is 36.6 Å². The summed E-state index contributed by atoms with van der Waals surface area (Å²) in [5.41, 5.74) is 0.765. The molecule has 1 rings (SSSR count). The quantitative estimate of drug-likeness (QED) is 0.759. The normalized spacial score (nSPS) is 12.2. The van der Waals surface area contributed by atoms with Crippen molar-refractivity contribution in [1.82, 2.24) is 0 Å². The van der Waals surface area contributed by atoms with E-state index in [-0.39, 0.29) is 17.5 Å². The fraction of sp³-hybridized carbons (Fsp3) is 0.500. The van der Waals surface area contributed by atoms with Crippen molar-refractivity contribution in [1.29, 1.82) is 0 Å². The van der Waals surface area contributed by atoms with Crippen LogP contribution in [0.4, 0.5) is 4.39 Å². The third-order valence-corrected chi connectivity index (χ3v) is 3.01. The highest BCUT2D eigenvalue weighted by molar-refractivity contribution is 5.81. The molecular formula is C14H19FO2. The molecule has 0 aliphatic carbocycles. The third kappa shape index (κ3) is 3.55. The number of benzene rings is 1. The van der Waals surface area contributed by atoms with Crippen molar-refractivity contribution in [2.24, 2.45) is 5.92 Å². The van der Waals surface area contributed by atoms with Gasteiger partial charge in [0.15, 0.2) is 0 Å². The summed E-state index contributed by atoms with van der Waals surface area (Å²) in [6.45, 7) is 3.83. The van der Waals surface area contributed by atoms with Crippen LogP contribution in [0.25, 0.3) is 0 Å². The number of rotatable bonds is 6. The molecule has 1 atom stereocenters. The molecule has 0 saturated heterocycles. The van der Waals surface area contributed by atoms with Crippen LogP contribution in [0, 0.1) is 11.7 Å². The predicted molar refractivity (Wildman–Crippen MR) is 65.7 cm³/mol. The molecule has 1 unspecified atom stereocenters. The Labute approximate surface area is 102 Å². The first-order chi connectivity index (χ1) is 8.12. The fourth-order valence-electron chi connectivity index (χ4n) is 1.95. The Morgan fingerprint density at radius 2 is 2.12 bits per heavy atom. The van der Waals surface area contributed by atoms with Crippen LogP contribution < -0.4 is 4.74 Å². The zero-order valence-corrected chi connectivity index (χ0v) is 10.6. The highest BCUT2D eigenvalue weighted by atomic mass is 19.1. The van der Waals surface area contributed by atoms with Gasteiger partial charge < -0.3 is 4.74 Å². The average molecular weight is 238 g/mol. The van der Waals surface area contributed by atoms with Crippen LogP contribution in [0.3, 0.4) is 0 Å². The van der Waals surface area contributed by atoms with E-state index in [2.05, 4.69) is 0 Å². The molecule has 0 spiro atoms. The van der Waals surface area contributed by atoms with Gasteiger partial charge >= 0.3 is 0 Å². The molecule has 1 aromatic rings. The number of ether oxygens (including phenoxy) is 1. The second-order valence-corrected chi connectivity index (χ2v) is 4.09. The van der Waals surface area contributed by atoms with Crippen molar-refractivity contribution in [2.45, 2.75) is 33.1 Å². The predicted octanol–water partition coefficient (Wildman–Crippen LogP) is 3.38. The molecule has 1 aromatic carbocycles. The summed E-state index contributed by atoms with van der Waals surface area (Å²) < 4.78 is 18.4. The second kappa shape index (κ2) is 6.38. The molecule has 0 aliphatic heterocycles. The molecule has 0 radical (unpaired) electrons. The Morgan fingerprint density at radius 1 is 1.41 bits per heavy atom. The van der Waals surface area contributed by atoms with Crippen molar-refractivity contribution in [3.63, 3.8) is 0 Å². The molecule has 0 aliphatic rings. The Balaban J connectivity index is 2.92. The molecule has 0 saturated carbocycles. The van der Waals surface area contributed by atoms with Gasteiger partial charge in [-0.3, -0.25) is 4.79 Å². The van der Waals surface area contributed by atoms with Gasteiger partial charge in [0.25, 0.3) is 0 Å². The Bertz CT molecular complexity index is 388. The molecule has 3 heteroatoms. The van der Waals surface area contributed by atoms with Gasteiger partial charge in [0.2, 0.25) is 0 Å². The van der Waals surface area contributed by atoms with Crippen molar-refractivity contribution < 1.29 is 13.9 Å². The molecular weight excluding hydrogens is 219 g/mol. The van der Waals surface area contributed by atoms with Gasteiger partial charge in [-0.15, -0.1) is 0 Å². The number of Topliss-reactive ketones (excluding diaryl/α,β-unsaturated/α-hetero) is 1. The summed E-state index contributed by atoms with van der Waals surface area (Å²) >= 11 is 0. The second-order valence-electron chi connectivity index (χ2n) is 4.09. The zero-order chi connectivity index (χ0) is 12.8. The van der Waals surface area contributed by atoms with E-state index in [1.165, 1.54) is 12.1 Å². The molecule has 0 heterocycles. The van der Waals surface area contributed by atoms with E-state index in [0.29, 0.717) is 18.6 Å². The highest BCUT2D eigenvalue weighted by Crippen LogP contribution is 2.24. The molecule has 0 fully saturated rings. The summed E-state index contributed by atoms with van der Waals surface area (Å²) in [5, 5.41) is 0. The van der Waals surface area contributed by atoms with Gasteiger partial charge in [-0.25, -0.2) is 4.39 Å². The lowest BCUT2D eigenvalue weighted by Gasteiger charge is -2.15. The van der Waals surface area contributed by atoms with Crippen LogP contribution in [-0.2, 0) is 11.2 Å². The Hall–Kier alpha value is -1.38. The number of ketones is 1. The first-order valence-electron chi connectivity index (χ1n) is 5.97. The van der Waals surface area contributed by atoms with Crippen LogP contribution in [0.5, 0.6) is 5.75 Å². The van der Waals surface area contributed by atoms with Gasteiger partial charge in [0, 0.05) is 12.3 Å². The summed E-state index contributed by atoms with van der Waals surface area (Å²) in [5.74, 6) is 0.530. The maximum absolute atomic E-state index is 13.2. The van der Waals surface area contributed by atoms with Gasteiger partial charge in [-0.2, -0.15) is 0 Å². The first kappa shape index (κ1) is 13.7. The van der Waals surface area contributed by atoms with Crippen LogP contribution >= 0.6 is 0 Å². The van der Waals surface area contributed by atoms with E-state index >= 15 is 0 Å². The van der Waals surface area contributed by atoms with Crippen LogP contribution in [0.1, 0.15) is 32.3 Å². The number of carbonyl (C=O) groups is 1. The van der Waals surface area contributed by atoms with E-state index in [1.54, 1.807) is 13.2 Å². The number of carbonyl (C=O) groups excluding carboxylic acids is 1. The maximum Gasteiger partial charge on any atom is 0.136 e. The van der Waals surface area contributed by atoms with Crippen molar-refractivity contribution in [3.8, 4) is 5.75 Å². The van der Waals surface area contributed by atoms with E-state index in [9.17, 15) is 9.18 Å². The number of methoxy groups -OCH3 is 1. The number of halogens is 1. The minimum absolute atomic E-state index is 0.0456. The molecule has 94 valence electrons. The standard InChI is InChI=1S/C14H19FO2/c1-4-10(13(16)5-2)8-11-9-12(15)6-7-14(11)17-3/h6-7,9-10H,4-5,8H2,1-3H3. The average Bonchev–Trinajstić information content (AvgIpc) is 2.35.